The third-order valence-electron chi connectivity index (χ3n) is 2.97. The molecule has 1 N–H and O–H groups in total. The van der Waals surface area contributed by atoms with Crippen LogP contribution in [-0.4, -0.2) is 27.2 Å². The summed E-state index contributed by atoms with van der Waals surface area (Å²) in [5.41, 5.74) is 0.155. The second kappa shape index (κ2) is 7.04. The molecule has 0 fully saturated rings. The molecule has 0 amide bonds. The van der Waals surface area contributed by atoms with Gasteiger partial charge < -0.3 is 9.84 Å². The summed E-state index contributed by atoms with van der Waals surface area (Å²) in [5, 5.41) is 17.5. The molecule has 0 unspecified atom stereocenters. The lowest BCUT2D eigenvalue weighted by Gasteiger charge is -2.13. The van der Waals surface area contributed by atoms with E-state index in [1.165, 1.54) is 18.5 Å². The Kier molecular flexibility index (Phi) is 4.89. The van der Waals surface area contributed by atoms with Crippen LogP contribution in [0.25, 0.3) is 5.69 Å². The molecule has 0 radical (unpaired) electrons. The molecule has 2 rings (SSSR count). The number of carboxylic acids is 1. The molecule has 1 aromatic heterocycles. The van der Waals surface area contributed by atoms with Gasteiger partial charge in [-0.25, -0.2) is 9.78 Å². The first kappa shape index (κ1) is 16.0. The normalized spacial score (nSPS) is 10.4. The number of aromatic carboxylic acids is 1. The minimum atomic E-state index is -1.34. The van der Waals surface area contributed by atoms with Gasteiger partial charge in [-0.2, -0.15) is 5.26 Å². The van der Waals surface area contributed by atoms with Gasteiger partial charge in [-0.15, -0.1) is 0 Å². The van der Waals surface area contributed by atoms with Crippen molar-refractivity contribution < 1.29 is 14.6 Å². The van der Waals surface area contributed by atoms with E-state index in [0.29, 0.717) is 11.4 Å². The van der Waals surface area contributed by atoms with Gasteiger partial charge >= 0.3 is 5.97 Å². The predicted octanol–water partition coefficient (Wildman–Crippen LogP) is 1.70. The van der Waals surface area contributed by atoms with Crippen LogP contribution >= 0.6 is 0 Å². The van der Waals surface area contributed by atoms with E-state index >= 15 is 0 Å². The quantitative estimate of drug-likeness (QED) is 0.842. The monoisotopic (exact) mass is 311 g/mol. The highest BCUT2D eigenvalue weighted by molar-refractivity contribution is 5.86. The zero-order valence-corrected chi connectivity index (χ0v) is 12.3. The van der Waals surface area contributed by atoms with Gasteiger partial charge in [-0.1, -0.05) is 6.07 Å². The first-order valence-electron chi connectivity index (χ1n) is 6.63. The summed E-state index contributed by atoms with van der Waals surface area (Å²) in [6.45, 7) is 2.00. The van der Waals surface area contributed by atoms with Crippen molar-refractivity contribution in [2.75, 3.05) is 6.61 Å². The number of benzene rings is 1. The fourth-order valence-corrected chi connectivity index (χ4v) is 1.90. The van der Waals surface area contributed by atoms with Crippen molar-refractivity contribution >= 4 is 5.97 Å². The molecule has 7 nitrogen and oxygen atoms in total. The molecule has 0 bridgehead atoms. The van der Waals surface area contributed by atoms with E-state index in [9.17, 15) is 9.59 Å². The summed E-state index contributed by atoms with van der Waals surface area (Å²) in [5.74, 6) is -0.956. The average molecular weight is 311 g/mol. The summed E-state index contributed by atoms with van der Waals surface area (Å²) >= 11 is 0. The van der Waals surface area contributed by atoms with Crippen LogP contribution in [0.1, 0.15) is 15.9 Å². The molecular formula is C16H13N3O4. The van der Waals surface area contributed by atoms with Crippen molar-refractivity contribution in [3.8, 4) is 17.5 Å². The van der Waals surface area contributed by atoms with E-state index < -0.39 is 17.1 Å². The molecule has 0 aliphatic heterocycles. The minimum absolute atomic E-state index is 0.144. The number of allylic oxidation sites excluding steroid dienone is 1. The third kappa shape index (κ3) is 3.63. The number of hydrogen-bond acceptors (Lipinski definition) is 5. The van der Waals surface area contributed by atoms with Crippen molar-refractivity contribution in [2.24, 2.45) is 0 Å². The van der Waals surface area contributed by atoms with Crippen molar-refractivity contribution in [1.29, 1.82) is 5.26 Å². The Morgan fingerprint density at radius 3 is 3.00 bits per heavy atom. The summed E-state index contributed by atoms with van der Waals surface area (Å²) < 4.78 is 6.67. The number of hydrogen-bond donors (Lipinski definition) is 1. The number of nitrogens with zero attached hydrogens (tertiary/aromatic N) is 3. The van der Waals surface area contributed by atoms with E-state index in [4.69, 9.17) is 15.1 Å². The smallest absolute Gasteiger partial charge is 0.342 e. The van der Waals surface area contributed by atoms with Crippen LogP contribution in [0.15, 0.2) is 47.7 Å². The molecule has 0 aliphatic rings. The molecule has 116 valence electrons. The van der Waals surface area contributed by atoms with Crippen LogP contribution in [0.3, 0.4) is 0 Å². The minimum Gasteiger partial charge on any atom is -0.487 e. The zero-order valence-electron chi connectivity index (χ0n) is 12.3. The van der Waals surface area contributed by atoms with Gasteiger partial charge in [0.05, 0.1) is 11.8 Å². The van der Waals surface area contributed by atoms with E-state index in [1.807, 2.05) is 13.0 Å². The Balaban J connectivity index is 2.50. The molecule has 2 aromatic rings. The van der Waals surface area contributed by atoms with Crippen LogP contribution in [0, 0.1) is 18.3 Å². The lowest BCUT2D eigenvalue weighted by atomic mass is 10.2. The number of carbonyl (C=O) groups is 1. The molecule has 1 heterocycles. The largest absolute Gasteiger partial charge is 0.487 e. The maximum absolute atomic E-state index is 12.3. The number of aromatic nitrogens is 2. The molecule has 1 aromatic carbocycles. The molecular weight excluding hydrogens is 298 g/mol. The Morgan fingerprint density at radius 2 is 2.30 bits per heavy atom. The van der Waals surface area contributed by atoms with Crippen molar-refractivity contribution in [2.45, 2.75) is 6.92 Å². The molecule has 23 heavy (non-hydrogen) atoms. The fourth-order valence-electron chi connectivity index (χ4n) is 1.90. The van der Waals surface area contributed by atoms with E-state index in [0.717, 1.165) is 16.3 Å². The predicted molar refractivity (Wildman–Crippen MR) is 81.8 cm³/mol. The Bertz CT molecular complexity index is 862. The average Bonchev–Trinajstić information content (AvgIpc) is 2.52. The van der Waals surface area contributed by atoms with Crippen molar-refractivity contribution in [3.05, 3.63) is 64.4 Å². The van der Waals surface area contributed by atoms with Gasteiger partial charge in [0.1, 0.15) is 24.2 Å². The first-order valence-corrected chi connectivity index (χ1v) is 6.63. The van der Waals surface area contributed by atoms with Gasteiger partial charge in [0, 0.05) is 12.3 Å². The highest BCUT2D eigenvalue weighted by Gasteiger charge is 2.14. The number of rotatable bonds is 5. The highest BCUT2D eigenvalue weighted by atomic mass is 16.5. The van der Waals surface area contributed by atoms with Crippen LogP contribution in [0.2, 0.25) is 0 Å². The van der Waals surface area contributed by atoms with Crippen LogP contribution < -0.4 is 10.3 Å². The number of ether oxygens (including phenoxy) is 1. The fraction of sp³-hybridized carbons (Fsp3) is 0.125. The Hall–Kier alpha value is -3.40. The maximum atomic E-state index is 12.3. The third-order valence-corrected chi connectivity index (χ3v) is 2.97. The summed E-state index contributed by atoms with van der Waals surface area (Å²) in [6, 6.07) is 6.98. The molecule has 0 saturated heterocycles. The molecule has 0 atom stereocenters. The zero-order chi connectivity index (χ0) is 16.8. The lowest BCUT2D eigenvalue weighted by Crippen LogP contribution is -2.25. The van der Waals surface area contributed by atoms with Gasteiger partial charge in [0.2, 0.25) is 0 Å². The molecule has 0 spiro atoms. The topological polar surface area (TPSA) is 105 Å². The van der Waals surface area contributed by atoms with Gasteiger partial charge in [0.15, 0.2) is 0 Å². The van der Waals surface area contributed by atoms with Crippen LogP contribution in [0.4, 0.5) is 0 Å². The van der Waals surface area contributed by atoms with Crippen molar-refractivity contribution in [1.82, 2.24) is 9.55 Å². The molecule has 7 heteroatoms. The number of nitriles is 1. The van der Waals surface area contributed by atoms with Crippen LogP contribution in [0.5, 0.6) is 5.75 Å². The van der Waals surface area contributed by atoms with E-state index in [2.05, 4.69) is 4.98 Å². The first-order chi connectivity index (χ1) is 11.0. The van der Waals surface area contributed by atoms with Crippen LogP contribution in [-0.2, 0) is 0 Å². The standard InChI is InChI=1S/C16H13N3O4/c1-11-4-5-13(14(8-11)23-7-3-2-6-17)19-10-18-9-12(15(19)20)16(21)22/h2-5,8-10H,7H2,1H3,(H,21,22)/b3-2+. The number of carboxylic acid groups (broad SMARTS) is 1. The summed E-state index contributed by atoms with van der Waals surface area (Å²) in [4.78, 5) is 27.1. The van der Waals surface area contributed by atoms with Gasteiger partial charge in [-0.05, 0) is 30.7 Å². The summed E-state index contributed by atoms with van der Waals surface area (Å²) in [7, 11) is 0. The maximum Gasteiger partial charge on any atom is 0.342 e. The van der Waals surface area contributed by atoms with Crippen molar-refractivity contribution in [3.63, 3.8) is 0 Å². The Labute approximate surface area is 131 Å². The lowest BCUT2D eigenvalue weighted by molar-refractivity contribution is 0.0694. The second-order valence-corrected chi connectivity index (χ2v) is 4.60. The summed E-state index contributed by atoms with van der Waals surface area (Å²) in [6.07, 6.45) is 5.05. The van der Waals surface area contributed by atoms with Gasteiger partial charge in [0.25, 0.3) is 5.56 Å². The molecule has 0 aliphatic carbocycles. The van der Waals surface area contributed by atoms with E-state index in [-0.39, 0.29) is 6.61 Å². The molecule has 0 saturated carbocycles. The Morgan fingerprint density at radius 1 is 1.52 bits per heavy atom. The van der Waals surface area contributed by atoms with E-state index in [1.54, 1.807) is 18.2 Å². The number of aryl methyl sites for hydroxylation is 1. The van der Waals surface area contributed by atoms with Gasteiger partial charge in [-0.3, -0.25) is 9.36 Å². The SMILES string of the molecule is Cc1ccc(-n2cncc(C(=O)O)c2=O)c(OC/C=C/C#N)c1. The highest BCUT2D eigenvalue weighted by Crippen LogP contribution is 2.23. The second-order valence-electron chi connectivity index (χ2n) is 4.60.